The first kappa shape index (κ1) is 33.4. The average molecular weight is 628 g/mol. The van der Waals surface area contributed by atoms with Crippen molar-refractivity contribution in [2.75, 3.05) is 59.7 Å². The van der Waals surface area contributed by atoms with Crippen LogP contribution in [0.3, 0.4) is 0 Å². The second-order valence-electron chi connectivity index (χ2n) is 11.1. The van der Waals surface area contributed by atoms with E-state index in [1.807, 2.05) is 23.1 Å². The van der Waals surface area contributed by atoms with Gasteiger partial charge in [-0.3, -0.25) is 24.0 Å². The van der Waals surface area contributed by atoms with Crippen molar-refractivity contribution < 1.29 is 38.5 Å². The normalized spacial score (nSPS) is 20.8. The molecule has 0 radical (unpaired) electrons. The van der Waals surface area contributed by atoms with Gasteiger partial charge in [-0.15, -0.1) is 0 Å². The lowest BCUT2D eigenvalue weighted by Gasteiger charge is -2.26. The number of ether oxygens (including phenoxy) is 3. The summed E-state index contributed by atoms with van der Waals surface area (Å²) in [5.41, 5.74) is 1.25. The Morgan fingerprint density at radius 1 is 1.07 bits per heavy atom. The number of benzene rings is 1. The van der Waals surface area contributed by atoms with E-state index in [-0.39, 0.29) is 54.6 Å². The van der Waals surface area contributed by atoms with Gasteiger partial charge in [0.1, 0.15) is 6.61 Å². The summed E-state index contributed by atoms with van der Waals surface area (Å²) >= 11 is 0. The largest absolute Gasteiger partial charge is 0.493 e. The Balaban J connectivity index is 0.00000148. The monoisotopic (exact) mass is 627 g/mol. The predicted octanol–water partition coefficient (Wildman–Crippen LogP) is 0.808. The number of carbonyl (C=O) groups is 4. The number of amides is 3. The van der Waals surface area contributed by atoms with Gasteiger partial charge in [-0.05, 0) is 43.0 Å². The molecular weight excluding hydrogens is 586 g/mol. The molecule has 3 amide bonds. The van der Waals surface area contributed by atoms with Crippen molar-refractivity contribution in [1.82, 2.24) is 25.3 Å². The van der Waals surface area contributed by atoms with Crippen LogP contribution in [0.4, 0.5) is 0 Å². The molecule has 2 atom stereocenters. The van der Waals surface area contributed by atoms with Crippen LogP contribution in [0.2, 0.25) is 0 Å². The number of aromatic amines is 1. The fraction of sp³-hybridized carbons (Fsp3) is 0.548. The molecule has 0 saturated carbocycles. The molecule has 3 aliphatic heterocycles. The molecule has 4 heterocycles. The van der Waals surface area contributed by atoms with Crippen LogP contribution in [-0.4, -0.2) is 109 Å². The van der Waals surface area contributed by atoms with E-state index in [9.17, 15) is 19.2 Å². The van der Waals surface area contributed by atoms with Gasteiger partial charge in [-0.2, -0.15) is 5.10 Å². The molecule has 3 aliphatic rings. The highest BCUT2D eigenvalue weighted by molar-refractivity contribution is 5.84. The molecular formula is C31H41N5O9. The molecule has 3 N–H and O–H groups in total. The molecule has 5 rings (SSSR count). The summed E-state index contributed by atoms with van der Waals surface area (Å²) in [5.74, 6) is 0.363. The van der Waals surface area contributed by atoms with Crippen LogP contribution in [0.25, 0.3) is 0 Å². The van der Waals surface area contributed by atoms with Gasteiger partial charge in [-0.1, -0.05) is 6.07 Å². The number of likely N-dealkylation sites (tertiary alicyclic amines) is 1. The van der Waals surface area contributed by atoms with Crippen LogP contribution in [0.5, 0.6) is 11.5 Å². The highest BCUT2D eigenvalue weighted by atomic mass is 16.5. The van der Waals surface area contributed by atoms with Crippen LogP contribution < -0.4 is 20.3 Å². The number of aryl methyl sites for hydroxylation is 1. The molecule has 0 aliphatic carbocycles. The van der Waals surface area contributed by atoms with Crippen molar-refractivity contribution in [3.8, 4) is 11.5 Å². The summed E-state index contributed by atoms with van der Waals surface area (Å²) in [5, 5.41) is 16.3. The first-order valence-electron chi connectivity index (χ1n) is 15.2. The maximum absolute atomic E-state index is 13.5. The van der Waals surface area contributed by atoms with E-state index in [1.165, 1.54) is 6.07 Å². The summed E-state index contributed by atoms with van der Waals surface area (Å²) in [4.78, 5) is 63.2. The lowest BCUT2D eigenvalue weighted by Crippen LogP contribution is -2.40. The molecule has 1 aromatic carbocycles. The summed E-state index contributed by atoms with van der Waals surface area (Å²) in [6.07, 6.45) is 2.60. The topological polar surface area (TPSA) is 180 Å². The predicted molar refractivity (Wildman–Crippen MR) is 161 cm³/mol. The number of carboxylic acid groups (broad SMARTS) is 1. The van der Waals surface area contributed by atoms with Crippen LogP contribution in [0.1, 0.15) is 42.9 Å². The Bertz CT molecular complexity index is 1360. The Labute approximate surface area is 261 Å². The zero-order valence-electron chi connectivity index (χ0n) is 25.4. The minimum absolute atomic E-state index is 0.0659. The van der Waals surface area contributed by atoms with Gasteiger partial charge in [0.15, 0.2) is 11.5 Å². The average Bonchev–Trinajstić information content (AvgIpc) is 3.51. The molecule has 2 bridgehead atoms. The van der Waals surface area contributed by atoms with E-state index in [2.05, 4.69) is 15.5 Å². The van der Waals surface area contributed by atoms with E-state index < -0.39 is 5.92 Å². The van der Waals surface area contributed by atoms with Crippen molar-refractivity contribution in [3.05, 3.63) is 51.9 Å². The first-order chi connectivity index (χ1) is 21.8. The van der Waals surface area contributed by atoms with Gasteiger partial charge in [0.05, 0.1) is 25.3 Å². The van der Waals surface area contributed by atoms with Crippen LogP contribution in [-0.2, 0) is 30.3 Å². The van der Waals surface area contributed by atoms with E-state index >= 15 is 0 Å². The maximum Gasteiger partial charge on any atom is 0.290 e. The van der Waals surface area contributed by atoms with Crippen molar-refractivity contribution in [1.29, 1.82) is 0 Å². The fourth-order valence-electron chi connectivity index (χ4n) is 5.97. The van der Waals surface area contributed by atoms with Gasteiger partial charge < -0.3 is 34.4 Å². The van der Waals surface area contributed by atoms with Gasteiger partial charge in [0.2, 0.25) is 17.7 Å². The van der Waals surface area contributed by atoms with E-state index in [4.69, 9.17) is 24.1 Å². The molecule has 244 valence electrons. The summed E-state index contributed by atoms with van der Waals surface area (Å²) in [7, 11) is 1.57. The number of fused-ring (bicyclic) bond motifs is 4. The van der Waals surface area contributed by atoms with Crippen LogP contribution in [0.15, 0.2) is 35.1 Å². The lowest BCUT2D eigenvalue weighted by molar-refractivity contribution is -0.137. The van der Waals surface area contributed by atoms with Crippen LogP contribution >= 0.6 is 0 Å². The first-order valence-corrected chi connectivity index (χ1v) is 15.2. The number of aromatic nitrogens is 2. The summed E-state index contributed by atoms with van der Waals surface area (Å²) < 4.78 is 17.1. The van der Waals surface area contributed by atoms with Crippen LogP contribution in [0, 0.1) is 11.8 Å². The van der Waals surface area contributed by atoms with Gasteiger partial charge in [0.25, 0.3) is 12.0 Å². The van der Waals surface area contributed by atoms with E-state index in [0.717, 1.165) is 5.56 Å². The number of carbonyl (C=O) groups excluding carboxylic acids is 3. The lowest BCUT2D eigenvalue weighted by atomic mass is 9.88. The highest BCUT2D eigenvalue weighted by Gasteiger charge is 2.42. The molecule has 2 aromatic rings. The molecule has 14 nitrogen and oxygen atoms in total. The minimum atomic E-state index is -0.402. The molecule has 45 heavy (non-hydrogen) atoms. The summed E-state index contributed by atoms with van der Waals surface area (Å²) in [6, 6.07) is 8.66. The number of nitrogens with one attached hydrogen (secondary N) is 2. The number of rotatable bonds is 5. The van der Waals surface area contributed by atoms with Crippen molar-refractivity contribution >= 4 is 24.2 Å². The zero-order chi connectivity index (χ0) is 32.2. The number of methoxy groups -OCH3 is 1. The quantitative estimate of drug-likeness (QED) is 0.402. The van der Waals surface area contributed by atoms with E-state index in [0.29, 0.717) is 88.8 Å². The van der Waals surface area contributed by atoms with Crippen molar-refractivity contribution in [2.24, 2.45) is 11.8 Å². The van der Waals surface area contributed by atoms with Crippen molar-refractivity contribution in [3.63, 3.8) is 0 Å². The molecule has 0 spiro atoms. The third kappa shape index (κ3) is 9.03. The Morgan fingerprint density at radius 2 is 1.82 bits per heavy atom. The third-order valence-corrected chi connectivity index (χ3v) is 8.36. The summed E-state index contributed by atoms with van der Waals surface area (Å²) in [6.45, 7) is 3.22. The minimum Gasteiger partial charge on any atom is -0.493 e. The zero-order valence-corrected chi connectivity index (χ0v) is 25.4. The number of nitrogens with zero attached hydrogens (tertiary/aromatic N) is 3. The van der Waals surface area contributed by atoms with E-state index in [1.54, 1.807) is 18.1 Å². The van der Waals surface area contributed by atoms with Gasteiger partial charge in [-0.25, -0.2) is 5.10 Å². The standard InChI is InChI=1S/C30H39N5O7.CH2O2/c1-40-25-6-3-21-17-26(25)42-16-13-34(28(37)8-5-22-4-7-27(36)33-32-22)12-2-11-31-29(38)24-19-35(18-23(21)24)30(39)20-9-14-41-15-10-20;2-1-3/h3-4,6-7,17,20,23-24H,2,5,8-16,18-19H2,1H3,(H,31,38)(H,33,36);1H,(H,2,3)/t23-,24+;/m1./s1. The van der Waals surface area contributed by atoms with Gasteiger partial charge >= 0.3 is 0 Å². The molecule has 0 unspecified atom stereocenters. The smallest absolute Gasteiger partial charge is 0.290 e. The Kier molecular flexibility index (Phi) is 12.3. The Hall–Kier alpha value is -4.46. The second kappa shape index (κ2) is 16.6. The number of hydrogen-bond acceptors (Lipinski definition) is 9. The number of hydrogen-bond donors (Lipinski definition) is 3. The molecule has 2 saturated heterocycles. The van der Waals surface area contributed by atoms with Crippen molar-refractivity contribution in [2.45, 2.75) is 38.0 Å². The third-order valence-electron chi connectivity index (χ3n) is 8.36. The highest BCUT2D eigenvalue weighted by Crippen LogP contribution is 2.38. The molecule has 14 heteroatoms. The second-order valence-corrected chi connectivity index (χ2v) is 11.1. The maximum atomic E-state index is 13.5. The molecule has 1 aromatic heterocycles. The SMILES string of the molecule is COc1ccc2cc1OCCN(C(=O)CCc1ccc(=O)[nH]n1)CCCNC(=O)[C@H]1CN(C(=O)C3CCOCC3)C[C@H]21.O=CO. The Morgan fingerprint density at radius 3 is 2.53 bits per heavy atom. The number of H-pyrrole nitrogens is 1. The fourth-order valence-corrected chi connectivity index (χ4v) is 5.97. The molecule has 2 fully saturated rings. The van der Waals surface area contributed by atoms with Gasteiger partial charge in [0, 0.05) is 70.1 Å².